The van der Waals surface area contributed by atoms with E-state index < -0.39 is 0 Å². The maximum Gasteiger partial charge on any atom is 0.238 e. The number of anilines is 1. The van der Waals surface area contributed by atoms with Crippen LogP contribution >= 0.6 is 12.2 Å². The fraction of sp³-hybridized carbons (Fsp3) is 0.167. The van der Waals surface area contributed by atoms with Gasteiger partial charge in [0.15, 0.2) is 17.4 Å². The molecule has 0 unspecified atom stereocenters. The lowest BCUT2D eigenvalue weighted by Crippen LogP contribution is -2.39. The van der Waals surface area contributed by atoms with Crippen molar-refractivity contribution in [2.75, 3.05) is 11.9 Å². The Labute approximate surface area is 177 Å². The average molecular weight is 405 g/mol. The number of hydrogen-bond acceptors (Lipinski definition) is 3. The molecular weight excluding hydrogens is 380 g/mol. The fourth-order valence-corrected chi connectivity index (χ4v) is 3.25. The predicted molar refractivity (Wildman–Crippen MR) is 119 cm³/mol. The van der Waals surface area contributed by atoms with Gasteiger partial charge in [0.25, 0.3) is 0 Å². The monoisotopic (exact) mass is 404 g/mol. The first kappa shape index (κ1) is 20.6. The number of nitrogens with zero attached hydrogens (tertiary/aromatic N) is 1. The second kappa shape index (κ2) is 9.34. The molecule has 29 heavy (non-hydrogen) atoms. The standard InChI is InChI=1S/C24H24N2O2S/c1-4-28-21-11-7-6-10-20(21)25-24(29)22(26-14-8-5-9-15-26)23(27)19-13-12-17(2)18(3)16-19/h5-16H,4H2,1-3H3,(H-,25,27,29). The molecule has 3 aromatic rings. The zero-order valence-electron chi connectivity index (χ0n) is 16.8. The number of rotatable bonds is 6. The van der Waals surface area contributed by atoms with Crippen LogP contribution < -0.4 is 19.7 Å². The molecule has 3 rings (SSSR count). The Kier molecular flexibility index (Phi) is 6.62. The van der Waals surface area contributed by atoms with Crippen LogP contribution in [-0.4, -0.2) is 11.6 Å². The summed E-state index contributed by atoms with van der Waals surface area (Å²) in [5.41, 5.74) is 3.91. The zero-order valence-corrected chi connectivity index (χ0v) is 17.6. The molecule has 5 heteroatoms. The first-order valence-corrected chi connectivity index (χ1v) is 9.91. The van der Waals surface area contributed by atoms with Crippen LogP contribution in [0.4, 0.5) is 5.69 Å². The third-order valence-corrected chi connectivity index (χ3v) is 4.90. The van der Waals surface area contributed by atoms with E-state index in [-0.39, 0.29) is 5.76 Å². The molecular formula is C24H24N2O2S. The number of benzene rings is 2. The fourth-order valence-electron chi connectivity index (χ4n) is 2.94. The zero-order chi connectivity index (χ0) is 20.8. The summed E-state index contributed by atoms with van der Waals surface area (Å²) < 4.78 is 7.42. The molecule has 0 aliphatic heterocycles. The molecule has 0 amide bonds. The molecule has 2 aromatic carbocycles. The molecule has 1 N–H and O–H groups in total. The number of pyridine rings is 1. The van der Waals surface area contributed by atoms with E-state index in [9.17, 15) is 5.11 Å². The Bertz CT molecular complexity index is 1050. The highest BCUT2D eigenvalue weighted by Gasteiger charge is 2.19. The van der Waals surface area contributed by atoms with Crippen LogP contribution in [0.25, 0.3) is 11.5 Å². The molecule has 0 bridgehead atoms. The van der Waals surface area contributed by atoms with Crippen molar-refractivity contribution in [3.05, 3.63) is 89.7 Å². The Morgan fingerprint density at radius 1 is 1.00 bits per heavy atom. The Hall–Kier alpha value is -3.18. The van der Waals surface area contributed by atoms with Crippen LogP contribution in [0, 0.1) is 13.8 Å². The lowest BCUT2D eigenvalue weighted by Gasteiger charge is -2.18. The largest absolute Gasteiger partial charge is 0.867 e. The summed E-state index contributed by atoms with van der Waals surface area (Å²) >= 11 is 5.67. The quantitative estimate of drug-likeness (QED) is 0.291. The summed E-state index contributed by atoms with van der Waals surface area (Å²) in [7, 11) is 0. The van der Waals surface area contributed by atoms with Crippen LogP contribution in [0.2, 0.25) is 0 Å². The smallest absolute Gasteiger partial charge is 0.238 e. The first-order chi connectivity index (χ1) is 14.0. The van der Waals surface area contributed by atoms with Gasteiger partial charge >= 0.3 is 0 Å². The van der Waals surface area contributed by atoms with E-state index in [1.165, 1.54) is 0 Å². The Balaban J connectivity index is 2.07. The summed E-state index contributed by atoms with van der Waals surface area (Å²) in [6.07, 6.45) is 3.63. The molecule has 4 nitrogen and oxygen atoms in total. The third kappa shape index (κ3) is 4.81. The van der Waals surface area contributed by atoms with Crippen LogP contribution in [0.1, 0.15) is 23.6 Å². The number of thiocarbonyl (C=S) groups is 1. The third-order valence-electron chi connectivity index (χ3n) is 4.61. The van der Waals surface area contributed by atoms with Gasteiger partial charge in [-0.25, -0.2) is 0 Å². The maximum absolute atomic E-state index is 13.4. The van der Waals surface area contributed by atoms with E-state index in [4.69, 9.17) is 17.0 Å². The van der Waals surface area contributed by atoms with Gasteiger partial charge < -0.3 is 15.2 Å². The molecule has 148 valence electrons. The number of nitrogens with one attached hydrogen (secondary N) is 1. The van der Waals surface area contributed by atoms with Gasteiger partial charge in [0, 0.05) is 12.1 Å². The van der Waals surface area contributed by atoms with Crippen molar-refractivity contribution in [3.63, 3.8) is 0 Å². The lowest BCUT2D eigenvalue weighted by atomic mass is 10.0. The molecule has 1 heterocycles. The number of aromatic nitrogens is 1. The van der Waals surface area contributed by atoms with Crippen LogP contribution in [-0.2, 0) is 0 Å². The Morgan fingerprint density at radius 2 is 1.72 bits per heavy atom. The molecule has 0 spiro atoms. The van der Waals surface area contributed by atoms with Gasteiger partial charge in [-0.05, 0) is 55.4 Å². The summed E-state index contributed by atoms with van der Waals surface area (Å²) in [5.74, 6) is 0.545. The van der Waals surface area contributed by atoms with E-state index in [2.05, 4.69) is 5.32 Å². The lowest BCUT2D eigenvalue weighted by molar-refractivity contribution is -0.577. The van der Waals surface area contributed by atoms with Gasteiger partial charge in [0.1, 0.15) is 5.75 Å². The van der Waals surface area contributed by atoms with Crippen molar-refractivity contribution < 1.29 is 14.4 Å². The molecule has 0 radical (unpaired) electrons. The van der Waals surface area contributed by atoms with Crippen LogP contribution in [0.5, 0.6) is 5.75 Å². The molecule has 0 fully saturated rings. The van der Waals surface area contributed by atoms with Gasteiger partial charge in [0.05, 0.1) is 12.3 Å². The summed E-state index contributed by atoms with van der Waals surface area (Å²) in [5, 5.41) is 16.6. The highest BCUT2D eigenvalue weighted by molar-refractivity contribution is 7.81. The highest BCUT2D eigenvalue weighted by atomic mass is 32.1. The minimum Gasteiger partial charge on any atom is -0.867 e. The van der Waals surface area contributed by atoms with Crippen molar-refractivity contribution in [3.8, 4) is 5.75 Å². The molecule has 0 saturated carbocycles. The molecule has 0 aliphatic carbocycles. The van der Waals surface area contributed by atoms with E-state index >= 15 is 0 Å². The molecule has 0 saturated heterocycles. The van der Waals surface area contributed by atoms with Gasteiger partial charge in [-0.2, -0.15) is 4.57 Å². The minimum atomic E-state index is -0.143. The topological polar surface area (TPSA) is 48.2 Å². The van der Waals surface area contributed by atoms with Crippen molar-refractivity contribution in [2.24, 2.45) is 0 Å². The summed E-state index contributed by atoms with van der Waals surface area (Å²) in [4.78, 5) is 0.330. The minimum absolute atomic E-state index is 0.143. The average Bonchev–Trinajstić information content (AvgIpc) is 2.72. The van der Waals surface area contributed by atoms with E-state index in [1.807, 2.05) is 93.8 Å². The second-order valence-corrected chi connectivity index (χ2v) is 7.05. The molecule has 1 aromatic heterocycles. The molecule has 0 aliphatic rings. The highest BCUT2D eigenvalue weighted by Crippen LogP contribution is 2.26. The van der Waals surface area contributed by atoms with Gasteiger partial charge in [-0.15, -0.1) is 0 Å². The van der Waals surface area contributed by atoms with Gasteiger partial charge in [-0.3, -0.25) is 0 Å². The van der Waals surface area contributed by atoms with Crippen LogP contribution in [0.3, 0.4) is 0 Å². The summed E-state index contributed by atoms with van der Waals surface area (Å²) in [6, 6.07) is 18.9. The number of ether oxygens (including phenoxy) is 1. The molecule has 0 atom stereocenters. The number of para-hydroxylation sites is 2. The first-order valence-electron chi connectivity index (χ1n) is 9.50. The number of aryl methyl sites for hydroxylation is 2. The SMILES string of the molecule is CCOc1ccccc1NC(=S)C(=C([O-])c1ccc(C)c(C)c1)[n+]1ccccc1. The van der Waals surface area contributed by atoms with Gasteiger partial charge in [-0.1, -0.05) is 48.6 Å². The van der Waals surface area contributed by atoms with Crippen molar-refractivity contribution in [2.45, 2.75) is 20.8 Å². The number of hydrogen-bond donors (Lipinski definition) is 1. The maximum atomic E-state index is 13.4. The van der Waals surface area contributed by atoms with E-state index in [0.717, 1.165) is 16.8 Å². The normalized spacial score (nSPS) is 11.6. The Morgan fingerprint density at radius 3 is 2.41 bits per heavy atom. The van der Waals surface area contributed by atoms with Crippen molar-refractivity contribution in [1.29, 1.82) is 0 Å². The van der Waals surface area contributed by atoms with Crippen molar-refractivity contribution in [1.82, 2.24) is 0 Å². The summed E-state index contributed by atoms with van der Waals surface area (Å²) in [6.45, 7) is 6.49. The van der Waals surface area contributed by atoms with E-state index in [1.54, 1.807) is 4.57 Å². The van der Waals surface area contributed by atoms with Crippen molar-refractivity contribution >= 4 is 34.3 Å². The van der Waals surface area contributed by atoms with E-state index in [0.29, 0.717) is 28.6 Å². The predicted octanol–water partition coefficient (Wildman–Crippen LogP) is 4.12. The second-order valence-electron chi connectivity index (χ2n) is 6.64. The van der Waals surface area contributed by atoms with Crippen LogP contribution in [0.15, 0.2) is 73.1 Å². The van der Waals surface area contributed by atoms with Gasteiger partial charge in [0.2, 0.25) is 5.70 Å².